The molecule has 1 aliphatic rings. The average Bonchev–Trinajstić information content (AvgIpc) is 3.15. The number of thioether (sulfide) groups is 1. The van der Waals surface area contributed by atoms with Crippen LogP contribution in [0.4, 0.5) is 0 Å². The van der Waals surface area contributed by atoms with Gasteiger partial charge in [-0.2, -0.15) is 0 Å². The lowest BCUT2D eigenvalue weighted by Gasteiger charge is -2.13. The van der Waals surface area contributed by atoms with E-state index in [9.17, 15) is 4.79 Å². The van der Waals surface area contributed by atoms with Gasteiger partial charge in [0.1, 0.15) is 5.75 Å². The predicted octanol–water partition coefficient (Wildman–Crippen LogP) is 6.22. The van der Waals surface area contributed by atoms with Crippen LogP contribution in [-0.2, 0) is 4.79 Å². The molecule has 0 atom stereocenters. The number of hydrogen-bond donors (Lipinski definition) is 0. The molecule has 1 saturated carbocycles. The molecule has 1 fully saturated rings. The van der Waals surface area contributed by atoms with E-state index < -0.39 is 0 Å². The van der Waals surface area contributed by atoms with Gasteiger partial charge in [-0.05, 0) is 42.5 Å². The summed E-state index contributed by atoms with van der Waals surface area (Å²) in [7, 11) is 0. The first-order valence-corrected chi connectivity index (χ1v) is 10.1. The van der Waals surface area contributed by atoms with E-state index in [-0.39, 0.29) is 11.9 Å². The zero-order valence-corrected chi connectivity index (χ0v) is 15.2. The number of benzene rings is 2. The van der Waals surface area contributed by atoms with Crippen LogP contribution in [0.15, 0.2) is 41.3 Å². The summed E-state index contributed by atoms with van der Waals surface area (Å²) in [4.78, 5) is 13.6. The van der Waals surface area contributed by atoms with Crippen molar-refractivity contribution >= 4 is 28.5 Å². The number of carbonyl (C=O) groups excluding carboxylic acids is 1. The smallest absolute Gasteiger partial charge is 0.314 e. The first-order chi connectivity index (χ1) is 11.8. The molecule has 0 radical (unpaired) electrons. The second kappa shape index (κ2) is 8.57. The van der Waals surface area contributed by atoms with Gasteiger partial charge in [0.15, 0.2) is 0 Å². The Bertz CT molecular complexity index is 689. The molecule has 0 heterocycles. The Labute approximate surface area is 149 Å². The molecule has 3 heteroatoms. The second-order valence-corrected chi connectivity index (χ2v) is 7.70. The normalized spacial score (nSPS) is 15.0. The highest BCUT2D eigenvalue weighted by atomic mass is 32.2. The van der Waals surface area contributed by atoms with Crippen LogP contribution in [0.1, 0.15) is 51.9 Å². The molecule has 2 aromatic carbocycles. The van der Waals surface area contributed by atoms with E-state index in [0.29, 0.717) is 5.75 Å². The number of hydrogen-bond acceptors (Lipinski definition) is 3. The minimum absolute atomic E-state index is 0.0546. The van der Waals surface area contributed by atoms with Crippen molar-refractivity contribution < 1.29 is 9.53 Å². The monoisotopic (exact) mass is 342 g/mol. The van der Waals surface area contributed by atoms with Crippen LogP contribution in [0.2, 0.25) is 0 Å². The first-order valence-electron chi connectivity index (χ1n) is 9.16. The Hall–Kier alpha value is -1.48. The molecular formula is C21H26O2S. The molecule has 0 unspecified atom stereocenters. The van der Waals surface area contributed by atoms with Gasteiger partial charge in [0.25, 0.3) is 0 Å². The lowest BCUT2D eigenvalue weighted by atomic mass is 10.1. The summed E-state index contributed by atoms with van der Waals surface area (Å²) in [5, 5.41) is 2.24. The third-order valence-corrected chi connectivity index (χ3v) is 5.91. The van der Waals surface area contributed by atoms with Gasteiger partial charge in [-0.3, -0.25) is 4.79 Å². The molecule has 0 saturated heterocycles. The number of ether oxygens (including phenoxy) is 1. The maximum Gasteiger partial charge on any atom is 0.314 e. The van der Waals surface area contributed by atoms with Gasteiger partial charge in [0, 0.05) is 10.3 Å². The van der Waals surface area contributed by atoms with Crippen LogP contribution in [0.25, 0.3) is 10.8 Å². The molecular weight excluding hydrogens is 316 g/mol. The molecule has 0 aliphatic heterocycles. The fraction of sp³-hybridized carbons (Fsp3) is 0.476. The van der Waals surface area contributed by atoms with Crippen molar-refractivity contribution in [3.05, 3.63) is 36.4 Å². The largest absolute Gasteiger partial charge is 0.426 e. The maximum absolute atomic E-state index is 12.4. The van der Waals surface area contributed by atoms with Gasteiger partial charge in [-0.25, -0.2) is 0 Å². The molecule has 0 N–H and O–H groups in total. The number of unbranched alkanes of at least 4 members (excludes halogenated alkanes) is 2. The summed E-state index contributed by atoms with van der Waals surface area (Å²) in [5.41, 5.74) is 0. The van der Waals surface area contributed by atoms with Crippen molar-refractivity contribution in [1.82, 2.24) is 0 Å². The molecule has 0 spiro atoms. The lowest BCUT2D eigenvalue weighted by Crippen LogP contribution is -2.17. The first kappa shape index (κ1) is 17.3. The van der Waals surface area contributed by atoms with Gasteiger partial charge in [0.2, 0.25) is 0 Å². The van der Waals surface area contributed by atoms with Gasteiger partial charge in [0.05, 0.1) is 5.92 Å². The standard InChI is InChI=1S/C21H26O2S/c1-2-3-8-15-24-20-14-13-19(17-11-6-7-12-18(17)20)23-21(22)16-9-4-5-10-16/h6-7,11-14,16H,2-5,8-10,15H2,1H3. The highest BCUT2D eigenvalue weighted by molar-refractivity contribution is 7.99. The zero-order chi connectivity index (χ0) is 16.8. The molecule has 24 heavy (non-hydrogen) atoms. The van der Waals surface area contributed by atoms with Crippen molar-refractivity contribution in [1.29, 1.82) is 0 Å². The van der Waals surface area contributed by atoms with Gasteiger partial charge in [-0.15, -0.1) is 11.8 Å². The summed E-state index contributed by atoms with van der Waals surface area (Å²) >= 11 is 1.90. The molecule has 128 valence electrons. The van der Waals surface area contributed by atoms with Crippen molar-refractivity contribution in [2.75, 3.05) is 5.75 Å². The third-order valence-electron chi connectivity index (χ3n) is 4.75. The Balaban J connectivity index is 1.78. The number of rotatable bonds is 7. The number of esters is 1. The molecule has 3 rings (SSSR count). The summed E-state index contributed by atoms with van der Waals surface area (Å²) in [6.45, 7) is 2.23. The number of carbonyl (C=O) groups is 1. The average molecular weight is 343 g/mol. The van der Waals surface area contributed by atoms with Crippen molar-refractivity contribution in [3.8, 4) is 5.75 Å². The second-order valence-electron chi connectivity index (χ2n) is 6.57. The quantitative estimate of drug-likeness (QED) is 0.259. The minimum Gasteiger partial charge on any atom is -0.426 e. The SMILES string of the molecule is CCCCCSc1ccc(OC(=O)C2CCCC2)c2ccccc12. The summed E-state index contributed by atoms with van der Waals surface area (Å²) in [6.07, 6.45) is 8.01. The van der Waals surface area contributed by atoms with E-state index in [2.05, 4.69) is 31.2 Å². The highest BCUT2D eigenvalue weighted by Crippen LogP contribution is 2.35. The molecule has 0 bridgehead atoms. The fourth-order valence-electron chi connectivity index (χ4n) is 3.35. The van der Waals surface area contributed by atoms with Gasteiger partial charge < -0.3 is 4.74 Å². The molecule has 0 amide bonds. The Kier molecular flexibility index (Phi) is 6.19. The van der Waals surface area contributed by atoms with E-state index in [1.807, 2.05) is 23.9 Å². The lowest BCUT2D eigenvalue weighted by molar-refractivity contribution is -0.138. The highest BCUT2D eigenvalue weighted by Gasteiger charge is 2.25. The van der Waals surface area contributed by atoms with Crippen LogP contribution < -0.4 is 4.74 Å². The van der Waals surface area contributed by atoms with E-state index in [0.717, 1.165) is 36.8 Å². The van der Waals surface area contributed by atoms with E-state index in [4.69, 9.17) is 4.74 Å². The summed E-state index contributed by atoms with van der Waals surface area (Å²) < 4.78 is 5.76. The zero-order valence-electron chi connectivity index (χ0n) is 14.4. The topological polar surface area (TPSA) is 26.3 Å². The number of fused-ring (bicyclic) bond motifs is 1. The maximum atomic E-state index is 12.4. The van der Waals surface area contributed by atoms with Crippen LogP contribution >= 0.6 is 11.8 Å². The summed E-state index contributed by atoms with van der Waals surface area (Å²) in [5.74, 6) is 1.88. The van der Waals surface area contributed by atoms with Crippen LogP contribution in [0, 0.1) is 5.92 Å². The van der Waals surface area contributed by atoms with Crippen molar-refractivity contribution in [2.45, 2.75) is 56.8 Å². The van der Waals surface area contributed by atoms with Crippen LogP contribution in [0.3, 0.4) is 0 Å². The van der Waals surface area contributed by atoms with Crippen LogP contribution in [0.5, 0.6) is 5.75 Å². The Morgan fingerprint density at radius 2 is 1.83 bits per heavy atom. The van der Waals surface area contributed by atoms with E-state index in [1.54, 1.807) is 0 Å². The minimum atomic E-state index is -0.0546. The van der Waals surface area contributed by atoms with Crippen molar-refractivity contribution in [2.24, 2.45) is 5.92 Å². The van der Waals surface area contributed by atoms with Gasteiger partial charge >= 0.3 is 5.97 Å². The van der Waals surface area contributed by atoms with E-state index >= 15 is 0 Å². The molecule has 2 aromatic rings. The molecule has 2 nitrogen and oxygen atoms in total. The fourth-order valence-corrected chi connectivity index (χ4v) is 4.41. The predicted molar refractivity (Wildman–Crippen MR) is 102 cm³/mol. The third kappa shape index (κ3) is 4.13. The summed E-state index contributed by atoms with van der Waals surface area (Å²) in [6, 6.07) is 12.3. The van der Waals surface area contributed by atoms with E-state index in [1.165, 1.54) is 29.5 Å². The Morgan fingerprint density at radius 3 is 2.58 bits per heavy atom. The van der Waals surface area contributed by atoms with Gasteiger partial charge in [-0.1, -0.05) is 56.9 Å². The Morgan fingerprint density at radius 1 is 1.08 bits per heavy atom. The molecule has 0 aromatic heterocycles. The van der Waals surface area contributed by atoms with Crippen LogP contribution in [-0.4, -0.2) is 11.7 Å². The van der Waals surface area contributed by atoms with Crippen molar-refractivity contribution in [3.63, 3.8) is 0 Å². The molecule has 1 aliphatic carbocycles.